The summed E-state index contributed by atoms with van der Waals surface area (Å²) in [5, 5.41) is 17.7. The highest BCUT2D eigenvalue weighted by Gasteiger charge is 2.40. The Labute approximate surface area is 410 Å². The molecule has 2 saturated heterocycles. The van der Waals surface area contributed by atoms with E-state index in [0.717, 1.165) is 16.7 Å². The molecule has 23 nitrogen and oxygen atoms in total. The third kappa shape index (κ3) is 18.9. The van der Waals surface area contributed by atoms with Gasteiger partial charge in [0.1, 0.15) is 48.0 Å². The summed E-state index contributed by atoms with van der Waals surface area (Å²) in [7, 11) is 1.49. The molecule has 3 rings (SSSR count). The molecule has 0 bridgehead atoms. The number of amides is 11. The highest BCUT2D eigenvalue weighted by atomic mass is 32.2. The molecule has 0 aliphatic carbocycles. The SMILES string of the molecule is [2H]C([2H])([2H])C(C)C[C@@H](NC(=O)C1CCCN1C(=O)C1CSCCCC(=O)NC(Cc2ccc(OC)cc2)C(=O)NC(C(C)CC)C(=O)NC(CCC(N)=O)C(=O)NC(CC(N)=O)C(=O)N1)C(=O)NCC(N)=O. The molecule has 11 amide bonds. The Morgan fingerprint density at radius 2 is 1.52 bits per heavy atom. The number of hydrogen-bond acceptors (Lipinski definition) is 13. The van der Waals surface area contributed by atoms with Gasteiger partial charge < -0.3 is 64.1 Å². The average molecular weight is 991 g/mol. The fourth-order valence-electron chi connectivity index (χ4n) is 7.57. The second-order valence-corrected chi connectivity index (χ2v) is 18.3. The van der Waals surface area contributed by atoms with Crippen LogP contribution in [0, 0.1) is 11.8 Å². The van der Waals surface area contributed by atoms with Crippen molar-refractivity contribution in [3.05, 3.63) is 29.8 Å². The van der Waals surface area contributed by atoms with Crippen LogP contribution in [0.2, 0.25) is 0 Å². The van der Waals surface area contributed by atoms with Crippen LogP contribution in [-0.2, 0) is 59.2 Å². The molecule has 0 spiro atoms. The first kappa shape index (κ1) is 51.9. The van der Waals surface area contributed by atoms with Crippen molar-refractivity contribution in [1.82, 2.24) is 42.1 Å². The summed E-state index contributed by atoms with van der Waals surface area (Å²) in [5.41, 5.74) is 16.7. The van der Waals surface area contributed by atoms with Gasteiger partial charge in [0.15, 0.2) is 0 Å². The van der Waals surface area contributed by atoms with Gasteiger partial charge in [0.25, 0.3) is 0 Å². The average Bonchev–Trinajstić information content (AvgIpc) is 3.82. The van der Waals surface area contributed by atoms with E-state index in [2.05, 4.69) is 37.2 Å². The van der Waals surface area contributed by atoms with Crippen molar-refractivity contribution in [2.75, 3.05) is 31.7 Å². The summed E-state index contributed by atoms with van der Waals surface area (Å²) in [6.45, 7) is 1.64. The van der Waals surface area contributed by atoms with Crippen LogP contribution in [0.25, 0.3) is 0 Å². The van der Waals surface area contributed by atoms with Gasteiger partial charge in [-0.05, 0) is 67.4 Å². The van der Waals surface area contributed by atoms with Crippen LogP contribution in [0.5, 0.6) is 5.75 Å². The summed E-state index contributed by atoms with van der Waals surface area (Å²) in [6, 6.07) is -3.24. The number of hydrogen-bond donors (Lipinski definition) is 10. The number of rotatable bonds is 18. The second-order valence-electron chi connectivity index (χ2n) is 17.2. The maximum absolute atomic E-state index is 14.5. The first-order chi connectivity index (χ1) is 33.8. The Morgan fingerprint density at radius 1 is 0.855 bits per heavy atom. The van der Waals surface area contributed by atoms with E-state index in [4.69, 9.17) is 26.1 Å². The molecule has 9 atom stereocenters. The number of benzene rings is 1. The Hall–Kier alpha value is -6.46. The van der Waals surface area contributed by atoms with Crippen molar-refractivity contribution in [3.8, 4) is 5.75 Å². The molecule has 1 aromatic carbocycles. The van der Waals surface area contributed by atoms with Crippen molar-refractivity contribution in [3.63, 3.8) is 0 Å². The highest BCUT2D eigenvalue weighted by Crippen LogP contribution is 2.22. The van der Waals surface area contributed by atoms with Crippen molar-refractivity contribution >= 4 is 76.7 Å². The van der Waals surface area contributed by atoms with E-state index >= 15 is 0 Å². The Bertz CT molecular complexity index is 2140. The summed E-state index contributed by atoms with van der Waals surface area (Å²) in [4.78, 5) is 148. The van der Waals surface area contributed by atoms with Gasteiger partial charge in [-0.15, -0.1) is 0 Å². The highest BCUT2D eigenvalue weighted by molar-refractivity contribution is 7.99. The van der Waals surface area contributed by atoms with E-state index in [1.165, 1.54) is 14.0 Å². The van der Waals surface area contributed by atoms with E-state index in [1.807, 2.05) is 0 Å². The van der Waals surface area contributed by atoms with Crippen molar-refractivity contribution < 1.29 is 61.6 Å². The van der Waals surface area contributed by atoms with Gasteiger partial charge in [-0.2, -0.15) is 11.8 Å². The van der Waals surface area contributed by atoms with Crippen LogP contribution in [0.15, 0.2) is 24.3 Å². The van der Waals surface area contributed by atoms with Gasteiger partial charge in [-0.25, -0.2) is 0 Å². The van der Waals surface area contributed by atoms with Crippen molar-refractivity contribution in [2.45, 2.75) is 134 Å². The molecule has 2 heterocycles. The third-order valence-electron chi connectivity index (χ3n) is 11.5. The first-order valence-corrected chi connectivity index (χ1v) is 23.9. The lowest BCUT2D eigenvalue weighted by Crippen LogP contribution is -2.61. The molecule has 2 fully saturated rings. The molecular formula is C45H69N11O12S. The van der Waals surface area contributed by atoms with Crippen molar-refractivity contribution in [2.24, 2.45) is 29.0 Å². The number of methoxy groups -OCH3 is 1. The van der Waals surface area contributed by atoms with E-state index < -0.39 is 152 Å². The molecule has 2 aliphatic rings. The summed E-state index contributed by atoms with van der Waals surface area (Å²) >= 11 is 1.13. The molecule has 2 aliphatic heterocycles. The first-order valence-electron chi connectivity index (χ1n) is 24.3. The maximum Gasteiger partial charge on any atom is 0.246 e. The quantitative estimate of drug-likeness (QED) is 0.0728. The Balaban J connectivity index is 2.04. The molecule has 0 saturated carbocycles. The minimum atomic E-state index is -2.53. The summed E-state index contributed by atoms with van der Waals surface area (Å²) in [5.74, 6) is -10.6. The molecule has 1 aromatic rings. The van der Waals surface area contributed by atoms with E-state index in [0.29, 0.717) is 17.7 Å². The van der Waals surface area contributed by atoms with E-state index in [1.54, 1.807) is 38.1 Å². The van der Waals surface area contributed by atoms with Crippen LogP contribution >= 0.6 is 11.8 Å². The normalized spacial score (nSPS) is 24.4. The topological polar surface area (TPSA) is 363 Å². The van der Waals surface area contributed by atoms with Crippen LogP contribution in [0.1, 0.15) is 95.1 Å². The van der Waals surface area contributed by atoms with E-state index in [9.17, 15) is 52.7 Å². The lowest BCUT2D eigenvalue weighted by atomic mass is 9.96. The number of ether oxygens (including phenoxy) is 1. The largest absolute Gasteiger partial charge is 0.497 e. The zero-order chi connectivity index (χ0) is 53.9. The van der Waals surface area contributed by atoms with Crippen LogP contribution in [0.4, 0.5) is 0 Å². The number of likely N-dealkylation sites (tertiary alicyclic amines) is 1. The molecule has 8 unspecified atom stereocenters. The lowest BCUT2D eigenvalue weighted by Gasteiger charge is -2.31. The van der Waals surface area contributed by atoms with Crippen LogP contribution in [0.3, 0.4) is 0 Å². The van der Waals surface area contributed by atoms with Gasteiger partial charge in [-0.1, -0.05) is 46.2 Å². The zero-order valence-corrected chi connectivity index (χ0v) is 40.2. The minimum absolute atomic E-state index is 0.000426. The van der Waals surface area contributed by atoms with Gasteiger partial charge in [0.05, 0.1) is 20.1 Å². The Morgan fingerprint density at radius 3 is 2.14 bits per heavy atom. The number of thioether (sulfide) groups is 1. The molecule has 24 heteroatoms. The molecule has 13 N–H and O–H groups in total. The molecule has 0 aromatic heterocycles. The number of carbonyl (C=O) groups excluding carboxylic acids is 11. The predicted molar refractivity (Wildman–Crippen MR) is 253 cm³/mol. The van der Waals surface area contributed by atoms with Gasteiger partial charge in [0.2, 0.25) is 65.0 Å². The third-order valence-corrected chi connectivity index (χ3v) is 12.6. The standard InChI is InChI=1S/C45H69N11O12S/c1-6-25(4)38-44(66)51-28(15-16-34(46)57)40(62)52-31(21-35(47)58)41(63)54-32(23-69-18-8-10-37(60)50-30(42(64)55-38)20-26-11-13-27(68-5)14-12-26)45(67)56-17-7-9-33(56)43(65)53-29(19-24(2)3)39(61)49-22-36(48)59/h11-14,24-25,28-33,38H,6-10,15-23H2,1-5H3,(H2,46,57)(H2,47,58)(H2,48,59)(H,49,61)(H,50,60)(H,51,66)(H,52,62)(H,53,65)(H,54,63)(H,55,64)/t25?,28?,29-,30?,31?,32?,33?,38?/m1/s1/i2D3/t24?,25?,28?,29-,30?,31?,32?,33?,38?. The molecule has 0 radical (unpaired) electrons. The number of nitrogens with one attached hydrogen (secondary N) is 7. The Kier molecular flexibility index (Phi) is 21.2. The monoisotopic (exact) mass is 991 g/mol. The van der Waals surface area contributed by atoms with Crippen LogP contribution in [-0.4, -0.2) is 144 Å². The summed E-state index contributed by atoms with van der Waals surface area (Å²) < 4.78 is 28.6. The van der Waals surface area contributed by atoms with E-state index in [-0.39, 0.29) is 56.6 Å². The van der Waals surface area contributed by atoms with Crippen molar-refractivity contribution in [1.29, 1.82) is 0 Å². The molecular weight excluding hydrogens is 919 g/mol. The maximum atomic E-state index is 14.5. The molecule has 382 valence electrons. The second kappa shape index (κ2) is 28.1. The fraction of sp³-hybridized carbons (Fsp3) is 0.622. The zero-order valence-electron chi connectivity index (χ0n) is 42.4. The molecule has 69 heavy (non-hydrogen) atoms. The fourth-order valence-corrected chi connectivity index (χ4v) is 8.54. The number of nitrogens with two attached hydrogens (primary N) is 3. The minimum Gasteiger partial charge on any atom is -0.497 e. The predicted octanol–water partition coefficient (Wildman–Crippen LogP) is -2.50. The smallest absolute Gasteiger partial charge is 0.246 e. The lowest BCUT2D eigenvalue weighted by molar-refractivity contribution is -0.142. The number of primary amides is 3. The van der Waals surface area contributed by atoms with Gasteiger partial charge >= 0.3 is 0 Å². The van der Waals surface area contributed by atoms with Gasteiger partial charge in [0, 0.05) is 35.7 Å². The number of nitrogens with zero attached hydrogens (tertiary/aromatic N) is 1. The number of carbonyl (C=O) groups is 11. The van der Waals surface area contributed by atoms with Crippen LogP contribution < -0.4 is 59.2 Å². The van der Waals surface area contributed by atoms with Gasteiger partial charge in [-0.3, -0.25) is 52.7 Å². The summed E-state index contributed by atoms with van der Waals surface area (Å²) in [6.07, 6.45) is -1.19.